The number of hydrogen-bond donors (Lipinski definition) is 4. The Morgan fingerprint density at radius 1 is 1.30 bits per heavy atom. The summed E-state index contributed by atoms with van der Waals surface area (Å²) in [4.78, 5) is 29.3. The largest absolute Gasteiger partial charge is 0.450 e. The highest BCUT2D eigenvalue weighted by Crippen LogP contribution is 2.29. The molecule has 3 heterocycles. The first kappa shape index (κ1) is 22.8. The number of aryl methyl sites for hydroxylation is 1. The molecule has 4 N–H and O–H groups in total. The molecule has 2 aliphatic rings. The number of amides is 2. The summed E-state index contributed by atoms with van der Waals surface area (Å²) in [5.41, 5.74) is 3.41. The third-order valence-corrected chi connectivity index (χ3v) is 5.77. The van der Waals surface area contributed by atoms with E-state index < -0.39 is 6.09 Å². The van der Waals surface area contributed by atoms with Crippen LogP contribution in [0.4, 0.5) is 22.1 Å². The highest BCUT2D eigenvalue weighted by atomic mass is 16.5. The Bertz CT molecular complexity index is 1010. The van der Waals surface area contributed by atoms with Crippen molar-refractivity contribution in [3.05, 3.63) is 47.0 Å². The van der Waals surface area contributed by atoms with E-state index in [9.17, 15) is 9.59 Å². The zero-order chi connectivity index (χ0) is 23.2. The Morgan fingerprint density at radius 2 is 2.18 bits per heavy atom. The summed E-state index contributed by atoms with van der Waals surface area (Å²) in [7, 11) is 0. The smallest absolute Gasteiger partial charge is 0.407 e. The predicted molar refractivity (Wildman–Crippen MR) is 126 cm³/mol. The number of carbonyl (C=O) groups is 2. The van der Waals surface area contributed by atoms with Crippen LogP contribution in [-0.2, 0) is 16.0 Å². The lowest BCUT2D eigenvalue weighted by molar-refractivity contribution is 0.0583. The third kappa shape index (κ3) is 5.73. The van der Waals surface area contributed by atoms with Crippen LogP contribution in [0.25, 0.3) is 0 Å². The molecule has 0 bridgehead atoms. The van der Waals surface area contributed by atoms with Gasteiger partial charge in [0, 0.05) is 18.8 Å². The summed E-state index contributed by atoms with van der Waals surface area (Å²) >= 11 is 0. The quantitative estimate of drug-likeness (QED) is 0.453. The minimum Gasteiger partial charge on any atom is -0.450 e. The van der Waals surface area contributed by atoms with Gasteiger partial charge < -0.3 is 30.7 Å². The summed E-state index contributed by atoms with van der Waals surface area (Å²) in [6.07, 6.45) is 2.06. The maximum atomic E-state index is 12.4. The Kier molecular flexibility index (Phi) is 7.29. The van der Waals surface area contributed by atoms with Gasteiger partial charge in [-0.1, -0.05) is 25.5 Å². The molecule has 1 fully saturated rings. The second-order valence-electron chi connectivity index (χ2n) is 8.42. The van der Waals surface area contributed by atoms with Gasteiger partial charge in [0.15, 0.2) is 0 Å². The molecular weight excluding hydrogens is 422 g/mol. The Labute approximate surface area is 193 Å². The molecule has 0 radical (unpaired) electrons. The van der Waals surface area contributed by atoms with Crippen molar-refractivity contribution in [1.29, 1.82) is 0 Å². The number of pyridine rings is 1. The normalized spacial score (nSPS) is 19.4. The predicted octanol–water partition coefficient (Wildman–Crippen LogP) is 3.47. The fraction of sp³-hybridized carbons (Fsp3) is 0.458. The maximum absolute atomic E-state index is 12.4. The van der Waals surface area contributed by atoms with Gasteiger partial charge in [0.25, 0.3) is 5.91 Å². The number of unbranched alkanes of at least 4 members (excludes halogenated alkanes) is 1. The molecule has 4 rings (SSSR count). The van der Waals surface area contributed by atoms with E-state index in [-0.39, 0.29) is 18.0 Å². The lowest BCUT2D eigenvalue weighted by Gasteiger charge is -2.33. The summed E-state index contributed by atoms with van der Waals surface area (Å²) in [6, 6.07) is 9.47. The van der Waals surface area contributed by atoms with E-state index in [0.717, 1.165) is 29.7 Å². The van der Waals surface area contributed by atoms with Crippen LogP contribution < -0.4 is 21.3 Å². The van der Waals surface area contributed by atoms with E-state index in [1.54, 1.807) is 0 Å². The lowest BCUT2D eigenvalue weighted by Crippen LogP contribution is -2.52. The molecule has 0 spiro atoms. The fourth-order valence-electron chi connectivity index (χ4n) is 4.02. The number of rotatable bonds is 8. The van der Waals surface area contributed by atoms with Crippen molar-refractivity contribution in [2.75, 3.05) is 30.5 Å². The number of alkyl carbamates (subject to hydrolysis) is 1. The number of carbonyl (C=O) groups excluding carboxylic acids is 2. The first-order valence-corrected chi connectivity index (χ1v) is 11.5. The number of benzene rings is 1. The molecule has 9 heteroatoms. The van der Waals surface area contributed by atoms with Gasteiger partial charge in [-0.25, -0.2) is 9.78 Å². The molecule has 9 nitrogen and oxygen atoms in total. The van der Waals surface area contributed by atoms with E-state index in [2.05, 4.69) is 21.3 Å². The van der Waals surface area contributed by atoms with Gasteiger partial charge in [-0.2, -0.15) is 0 Å². The van der Waals surface area contributed by atoms with Crippen LogP contribution in [0, 0.1) is 6.92 Å². The molecule has 176 valence electrons. The minimum absolute atomic E-state index is 0.0834. The van der Waals surface area contributed by atoms with E-state index in [4.69, 9.17) is 14.5 Å². The SMILES string of the molecule is CCCCOC(=O)N[C@H]1COCC[C@H]1Nc1cc2c(c(Nc3cccc(C)c3)n1)C(=O)NC2. The second-order valence-corrected chi connectivity index (χ2v) is 8.42. The van der Waals surface area contributed by atoms with Crippen LogP contribution in [0.2, 0.25) is 0 Å². The third-order valence-electron chi connectivity index (χ3n) is 5.77. The molecule has 2 amide bonds. The molecule has 2 aliphatic heterocycles. The van der Waals surface area contributed by atoms with E-state index >= 15 is 0 Å². The zero-order valence-electron chi connectivity index (χ0n) is 19.1. The van der Waals surface area contributed by atoms with E-state index in [0.29, 0.717) is 50.0 Å². The number of nitrogens with one attached hydrogen (secondary N) is 4. The number of ether oxygens (including phenoxy) is 2. The molecule has 1 aromatic heterocycles. The highest BCUT2D eigenvalue weighted by Gasteiger charge is 2.30. The van der Waals surface area contributed by atoms with Crippen molar-refractivity contribution < 1.29 is 19.1 Å². The summed E-state index contributed by atoms with van der Waals surface area (Å²) in [5.74, 6) is 1.00. The van der Waals surface area contributed by atoms with Gasteiger partial charge in [-0.3, -0.25) is 4.79 Å². The maximum Gasteiger partial charge on any atom is 0.407 e. The van der Waals surface area contributed by atoms with Gasteiger partial charge in [-0.15, -0.1) is 0 Å². The number of fused-ring (bicyclic) bond motifs is 1. The van der Waals surface area contributed by atoms with Gasteiger partial charge in [0.2, 0.25) is 0 Å². The van der Waals surface area contributed by atoms with Gasteiger partial charge in [-0.05, 0) is 49.1 Å². The monoisotopic (exact) mass is 453 g/mol. The van der Waals surface area contributed by atoms with E-state index in [1.807, 2.05) is 44.2 Å². The number of aromatic nitrogens is 1. The van der Waals surface area contributed by atoms with Crippen LogP contribution >= 0.6 is 0 Å². The minimum atomic E-state index is -0.440. The summed E-state index contributed by atoms with van der Waals surface area (Å²) in [5, 5.41) is 12.5. The zero-order valence-corrected chi connectivity index (χ0v) is 19.1. The van der Waals surface area contributed by atoms with Crippen LogP contribution in [-0.4, -0.2) is 48.9 Å². The lowest BCUT2D eigenvalue weighted by atomic mass is 10.0. The topological polar surface area (TPSA) is 114 Å². The number of anilines is 3. The average Bonchev–Trinajstić information content (AvgIpc) is 3.16. The molecule has 0 aliphatic carbocycles. The summed E-state index contributed by atoms with van der Waals surface area (Å²) < 4.78 is 10.8. The molecule has 2 aromatic rings. The molecule has 33 heavy (non-hydrogen) atoms. The molecule has 0 unspecified atom stereocenters. The Morgan fingerprint density at radius 3 is 3.00 bits per heavy atom. The Balaban J connectivity index is 1.52. The van der Waals surface area contributed by atoms with Crippen molar-refractivity contribution in [2.24, 2.45) is 0 Å². The first-order valence-electron chi connectivity index (χ1n) is 11.5. The molecule has 1 saturated heterocycles. The molecular formula is C24H31N5O4. The number of hydrogen-bond acceptors (Lipinski definition) is 7. The van der Waals surface area contributed by atoms with Gasteiger partial charge in [0.1, 0.15) is 11.6 Å². The van der Waals surface area contributed by atoms with E-state index in [1.165, 1.54) is 0 Å². The average molecular weight is 454 g/mol. The summed E-state index contributed by atoms with van der Waals surface area (Å²) in [6.45, 7) is 5.88. The standard InChI is InChI=1S/C24H31N5O4/c1-3-4-9-33-24(31)28-19-14-32-10-8-18(19)27-20-12-16-13-25-23(30)21(16)22(29-20)26-17-7-5-6-15(2)11-17/h5-7,11-12,18-19H,3-4,8-10,13-14H2,1-2H3,(H,25,30)(H,28,31)(H2,26,27,29)/t18-,19+/m1/s1. The van der Waals surface area contributed by atoms with Crippen molar-refractivity contribution in [1.82, 2.24) is 15.6 Å². The van der Waals surface area contributed by atoms with Crippen LogP contribution in [0.3, 0.4) is 0 Å². The van der Waals surface area contributed by atoms with Crippen LogP contribution in [0.1, 0.15) is 47.7 Å². The molecule has 2 atom stereocenters. The van der Waals surface area contributed by atoms with Gasteiger partial charge in [0.05, 0.1) is 30.9 Å². The Hall–Kier alpha value is -3.33. The van der Waals surface area contributed by atoms with Crippen LogP contribution in [0.15, 0.2) is 30.3 Å². The van der Waals surface area contributed by atoms with Crippen molar-refractivity contribution in [3.8, 4) is 0 Å². The van der Waals surface area contributed by atoms with Crippen molar-refractivity contribution >= 4 is 29.3 Å². The van der Waals surface area contributed by atoms with Crippen LogP contribution in [0.5, 0.6) is 0 Å². The van der Waals surface area contributed by atoms with Crippen molar-refractivity contribution in [2.45, 2.75) is 51.7 Å². The number of nitrogens with zero attached hydrogens (tertiary/aromatic N) is 1. The molecule has 0 saturated carbocycles. The molecule has 1 aromatic carbocycles. The van der Waals surface area contributed by atoms with Crippen molar-refractivity contribution in [3.63, 3.8) is 0 Å². The second kappa shape index (κ2) is 10.5. The van der Waals surface area contributed by atoms with Gasteiger partial charge >= 0.3 is 6.09 Å². The first-order chi connectivity index (χ1) is 16.0. The fourth-order valence-corrected chi connectivity index (χ4v) is 4.02. The highest BCUT2D eigenvalue weighted by molar-refractivity contribution is 6.03.